The number of hydrogen-bond acceptors (Lipinski definition) is 5. The van der Waals surface area contributed by atoms with Gasteiger partial charge in [-0.15, -0.1) is 10.2 Å². The smallest absolute Gasteiger partial charge is 0.234 e. The molecule has 0 atom stereocenters. The van der Waals surface area contributed by atoms with E-state index in [2.05, 4.69) is 27.4 Å². The molecule has 0 aliphatic carbocycles. The molecule has 0 spiro atoms. The molecular weight excluding hydrogens is 339 g/mol. The van der Waals surface area contributed by atoms with Crippen molar-refractivity contribution < 1.29 is 9.13 Å². The summed E-state index contributed by atoms with van der Waals surface area (Å²) >= 11 is 1.53. The van der Waals surface area contributed by atoms with Gasteiger partial charge in [0.1, 0.15) is 23.2 Å². The van der Waals surface area contributed by atoms with Crippen molar-refractivity contribution in [2.45, 2.75) is 19.4 Å². The van der Waals surface area contributed by atoms with E-state index in [0.29, 0.717) is 11.6 Å². The highest BCUT2D eigenvalue weighted by molar-refractivity contribution is 7.16. The number of halogens is 1. The van der Waals surface area contributed by atoms with E-state index in [-0.39, 0.29) is 12.4 Å². The third-order valence-corrected chi connectivity index (χ3v) is 4.71. The number of aryl methyl sites for hydroxylation is 2. The fourth-order valence-corrected chi connectivity index (χ4v) is 3.31. The Morgan fingerprint density at radius 2 is 1.76 bits per heavy atom. The van der Waals surface area contributed by atoms with Crippen molar-refractivity contribution in [2.75, 3.05) is 0 Å². The minimum Gasteiger partial charge on any atom is -0.486 e. The van der Waals surface area contributed by atoms with Crippen LogP contribution in [-0.4, -0.2) is 19.8 Å². The molecule has 0 aliphatic rings. The molecular formula is C18H15FN4OS. The van der Waals surface area contributed by atoms with Crippen LogP contribution in [-0.2, 0) is 19.4 Å². The average molecular weight is 354 g/mol. The fourth-order valence-electron chi connectivity index (χ4n) is 2.46. The molecule has 5 nitrogen and oxygen atoms in total. The van der Waals surface area contributed by atoms with Crippen LogP contribution >= 0.6 is 11.3 Å². The summed E-state index contributed by atoms with van der Waals surface area (Å²) in [5, 5.41) is 13.9. The highest BCUT2D eigenvalue weighted by atomic mass is 32.1. The molecule has 4 rings (SSSR count). The van der Waals surface area contributed by atoms with Crippen molar-refractivity contribution in [3.05, 3.63) is 76.8 Å². The third kappa shape index (κ3) is 3.66. The summed E-state index contributed by atoms with van der Waals surface area (Å²) in [6.45, 7) is 0.231. The van der Waals surface area contributed by atoms with Gasteiger partial charge in [-0.25, -0.2) is 4.39 Å². The molecule has 0 saturated heterocycles. The zero-order valence-electron chi connectivity index (χ0n) is 13.3. The van der Waals surface area contributed by atoms with Gasteiger partial charge >= 0.3 is 0 Å². The molecule has 0 amide bonds. The van der Waals surface area contributed by atoms with Gasteiger partial charge in [-0.1, -0.05) is 41.7 Å². The molecule has 0 saturated carbocycles. The summed E-state index contributed by atoms with van der Waals surface area (Å²) in [4.78, 5) is 0.751. The largest absolute Gasteiger partial charge is 0.486 e. The zero-order valence-corrected chi connectivity index (χ0v) is 14.1. The molecule has 0 bridgehead atoms. The van der Waals surface area contributed by atoms with Crippen molar-refractivity contribution >= 4 is 16.3 Å². The second-order valence-electron chi connectivity index (χ2n) is 5.53. The van der Waals surface area contributed by atoms with Crippen LogP contribution in [0.15, 0.2) is 54.6 Å². The molecule has 0 unspecified atom stereocenters. The van der Waals surface area contributed by atoms with E-state index in [1.807, 2.05) is 18.2 Å². The minimum absolute atomic E-state index is 0.231. The summed E-state index contributed by atoms with van der Waals surface area (Å²) in [6, 6.07) is 16.2. The van der Waals surface area contributed by atoms with Crippen molar-refractivity contribution in [2.24, 2.45) is 0 Å². The molecule has 0 N–H and O–H groups in total. The van der Waals surface area contributed by atoms with E-state index in [1.54, 1.807) is 16.6 Å². The van der Waals surface area contributed by atoms with Gasteiger partial charge in [0, 0.05) is 6.42 Å². The summed E-state index contributed by atoms with van der Waals surface area (Å²) in [6.07, 6.45) is 1.79. The van der Waals surface area contributed by atoms with Crippen LogP contribution in [0.5, 0.6) is 5.75 Å². The Bertz CT molecular complexity index is 966. The molecule has 0 radical (unpaired) electrons. The molecule has 7 heteroatoms. The fraction of sp³-hybridized carbons (Fsp3) is 0.167. The predicted octanol–water partition coefficient (Wildman–Crippen LogP) is 3.69. The number of nitrogens with zero attached hydrogens (tertiary/aromatic N) is 4. The number of rotatable bonds is 6. The lowest BCUT2D eigenvalue weighted by molar-refractivity contribution is 0.292. The van der Waals surface area contributed by atoms with Gasteiger partial charge in [-0.3, -0.25) is 0 Å². The Morgan fingerprint density at radius 1 is 0.960 bits per heavy atom. The van der Waals surface area contributed by atoms with E-state index in [1.165, 1.54) is 29.0 Å². The number of hydrogen-bond donors (Lipinski definition) is 0. The summed E-state index contributed by atoms with van der Waals surface area (Å²) < 4.78 is 20.3. The maximum Gasteiger partial charge on any atom is 0.234 e. The first-order valence-corrected chi connectivity index (χ1v) is 8.72. The van der Waals surface area contributed by atoms with Gasteiger partial charge < -0.3 is 4.74 Å². The van der Waals surface area contributed by atoms with Gasteiger partial charge in [0.2, 0.25) is 4.96 Å². The van der Waals surface area contributed by atoms with Crippen molar-refractivity contribution in [3.63, 3.8) is 0 Å². The topological polar surface area (TPSA) is 52.3 Å². The Kier molecular flexibility index (Phi) is 4.39. The van der Waals surface area contributed by atoms with Gasteiger partial charge in [-0.2, -0.15) is 9.61 Å². The molecule has 0 fully saturated rings. The first-order valence-electron chi connectivity index (χ1n) is 7.90. The maximum absolute atomic E-state index is 12.9. The van der Waals surface area contributed by atoms with E-state index < -0.39 is 0 Å². The highest BCUT2D eigenvalue weighted by Crippen LogP contribution is 2.18. The van der Waals surface area contributed by atoms with Crippen LogP contribution in [0.25, 0.3) is 4.96 Å². The standard InChI is InChI=1S/C18H15FN4OS/c19-14-7-9-15(10-8-14)24-12-16-20-21-18-23(16)22-17(25-18)11-6-13-4-2-1-3-5-13/h1-5,7-10H,6,11-12H2. The Morgan fingerprint density at radius 3 is 2.56 bits per heavy atom. The van der Waals surface area contributed by atoms with Crippen molar-refractivity contribution in [1.29, 1.82) is 0 Å². The van der Waals surface area contributed by atoms with Crippen LogP contribution < -0.4 is 4.74 Å². The van der Waals surface area contributed by atoms with E-state index >= 15 is 0 Å². The number of benzene rings is 2. The highest BCUT2D eigenvalue weighted by Gasteiger charge is 2.12. The second kappa shape index (κ2) is 6.98. The van der Waals surface area contributed by atoms with Crippen LogP contribution in [0.4, 0.5) is 4.39 Å². The van der Waals surface area contributed by atoms with E-state index in [4.69, 9.17) is 4.74 Å². The van der Waals surface area contributed by atoms with Gasteiger partial charge in [0.05, 0.1) is 0 Å². The molecule has 2 heterocycles. The molecule has 0 aliphatic heterocycles. The maximum atomic E-state index is 12.9. The summed E-state index contributed by atoms with van der Waals surface area (Å²) in [5.74, 6) is 0.916. The van der Waals surface area contributed by atoms with Gasteiger partial charge in [-0.05, 0) is 36.2 Å². The van der Waals surface area contributed by atoms with Gasteiger partial charge in [0.15, 0.2) is 5.82 Å². The molecule has 25 heavy (non-hydrogen) atoms. The summed E-state index contributed by atoms with van der Waals surface area (Å²) in [7, 11) is 0. The Balaban J connectivity index is 1.44. The number of fused-ring (bicyclic) bond motifs is 1. The zero-order chi connectivity index (χ0) is 17.1. The van der Waals surface area contributed by atoms with Crippen molar-refractivity contribution in [3.8, 4) is 5.75 Å². The number of aromatic nitrogens is 4. The van der Waals surface area contributed by atoms with Crippen LogP contribution in [0, 0.1) is 5.82 Å². The normalized spacial score (nSPS) is 11.1. The number of ether oxygens (including phenoxy) is 1. The third-order valence-electron chi connectivity index (χ3n) is 3.75. The van der Waals surface area contributed by atoms with Crippen molar-refractivity contribution in [1.82, 2.24) is 19.8 Å². The Labute approximate surface area is 147 Å². The lowest BCUT2D eigenvalue weighted by atomic mass is 10.1. The first-order chi connectivity index (χ1) is 12.3. The van der Waals surface area contributed by atoms with Crippen LogP contribution in [0.1, 0.15) is 16.4 Å². The molecule has 2 aromatic heterocycles. The SMILES string of the molecule is Fc1ccc(OCc2nnc3sc(CCc4ccccc4)nn23)cc1. The minimum atomic E-state index is -0.292. The van der Waals surface area contributed by atoms with E-state index in [0.717, 1.165) is 22.8 Å². The van der Waals surface area contributed by atoms with Gasteiger partial charge in [0.25, 0.3) is 0 Å². The quantitative estimate of drug-likeness (QED) is 0.530. The monoisotopic (exact) mass is 354 g/mol. The molecule has 4 aromatic rings. The predicted molar refractivity (Wildman–Crippen MR) is 93.2 cm³/mol. The molecule has 126 valence electrons. The molecule has 2 aromatic carbocycles. The Hall–Kier alpha value is -2.80. The van der Waals surface area contributed by atoms with E-state index in [9.17, 15) is 4.39 Å². The lowest BCUT2D eigenvalue weighted by Crippen LogP contribution is -2.03. The average Bonchev–Trinajstić information content (AvgIpc) is 3.21. The second-order valence-corrected chi connectivity index (χ2v) is 6.58. The summed E-state index contributed by atoms with van der Waals surface area (Å²) in [5.41, 5.74) is 1.29. The first kappa shape index (κ1) is 15.7. The van der Waals surface area contributed by atoms with Crippen LogP contribution in [0.2, 0.25) is 0 Å². The van der Waals surface area contributed by atoms with Crippen LogP contribution in [0.3, 0.4) is 0 Å². The lowest BCUT2D eigenvalue weighted by Gasteiger charge is -2.03.